The predicted octanol–water partition coefficient (Wildman–Crippen LogP) is 1.10. The number of nitrogens with zero attached hydrogens (tertiary/aromatic N) is 1. The van der Waals surface area contributed by atoms with Crippen LogP contribution >= 0.6 is 0 Å². The molecule has 1 atom stereocenters. The van der Waals surface area contributed by atoms with Crippen molar-refractivity contribution in [2.75, 3.05) is 26.2 Å². The lowest BCUT2D eigenvalue weighted by Gasteiger charge is -2.35. The quantitative estimate of drug-likeness (QED) is 0.665. The molecule has 0 aromatic heterocycles. The van der Waals surface area contributed by atoms with Crippen LogP contribution in [0.15, 0.2) is 0 Å². The molecule has 0 aromatic carbocycles. The highest BCUT2D eigenvalue weighted by atomic mass is 16.3. The van der Waals surface area contributed by atoms with Crippen LogP contribution in [0.4, 0.5) is 4.79 Å². The van der Waals surface area contributed by atoms with Gasteiger partial charge in [0.15, 0.2) is 0 Å². The zero-order chi connectivity index (χ0) is 15.9. The molecule has 0 aliphatic carbocycles. The Hall–Kier alpha value is -1.30. The molecule has 1 rings (SSSR count). The van der Waals surface area contributed by atoms with Crippen LogP contribution in [0.5, 0.6) is 0 Å². The maximum atomic E-state index is 12.1. The third-order valence-corrected chi connectivity index (χ3v) is 3.72. The van der Waals surface area contributed by atoms with Crippen molar-refractivity contribution in [3.05, 3.63) is 0 Å². The first-order chi connectivity index (χ1) is 9.86. The molecule has 1 aliphatic rings. The van der Waals surface area contributed by atoms with E-state index in [0.717, 1.165) is 25.8 Å². The summed E-state index contributed by atoms with van der Waals surface area (Å²) in [6.45, 7) is 7.26. The molecule has 3 N–H and O–H groups in total. The number of aliphatic hydroxyl groups is 1. The monoisotopic (exact) mass is 299 g/mol. The van der Waals surface area contributed by atoms with Crippen molar-refractivity contribution < 1.29 is 14.7 Å². The fourth-order valence-electron chi connectivity index (χ4n) is 2.43. The summed E-state index contributed by atoms with van der Waals surface area (Å²) < 4.78 is 0. The number of carbonyl (C=O) groups excluding carboxylic acids is 2. The molecule has 6 nitrogen and oxygen atoms in total. The van der Waals surface area contributed by atoms with E-state index in [1.54, 1.807) is 0 Å². The second-order valence-electron chi connectivity index (χ2n) is 6.59. The van der Waals surface area contributed by atoms with Gasteiger partial charge in [-0.15, -0.1) is 0 Å². The largest absolute Gasteiger partial charge is 0.396 e. The van der Waals surface area contributed by atoms with Crippen LogP contribution < -0.4 is 10.6 Å². The average molecular weight is 299 g/mol. The molecule has 1 heterocycles. The molecule has 3 amide bonds. The Bertz CT molecular complexity index is 351. The van der Waals surface area contributed by atoms with Crippen molar-refractivity contribution in [1.29, 1.82) is 0 Å². The Kier molecular flexibility index (Phi) is 6.95. The third kappa shape index (κ3) is 5.91. The minimum atomic E-state index is -0.414. The number of carbonyl (C=O) groups is 2. The average Bonchev–Trinajstić information content (AvgIpc) is 2.43. The van der Waals surface area contributed by atoms with Gasteiger partial charge in [-0.2, -0.15) is 0 Å². The number of aliphatic hydroxyl groups excluding tert-OH is 1. The van der Waals surface area contributed by atoms with E-state index in [2.05, 4.69) is 10.6 Å². The SMILES string of the molecule is CC(C)(C)C(=O)NCCNC(=O)N1CCCC[C@H]1CCO. The second kappa shape index (κ2) is 8.22. The van der Waals surface area contributed by atoms with E-state index >= 15 is 0 Å². The van der Waals surface area contributed by atoms with Crippen LogP contribution in [-0.2, 0) is 4.79 Å². The standard InChI is InChI=1S/C15H29N3O3/c1-15(2,3)13(20)16-8-9-17-14(21)18-10-5-4-6-12(18)7-11-19/h12,19H,4-11H2,1-3H3,(H,16,20)(H,17,21)/t12-/m0/s1. The first-order valence-electron chi connectivity index (χ1n) is 7.80. The lowest BCUT2D eigenvalue weighted by atomic mass is 9.96. The van der Waals surface area contributed by atoms with Gasteiger partial charge in [0.25, 0.3) is 0 Å². The molecule has 0 radical (unpaired) electrons. The van der Waals surface area contributed by atoms with E-state index in [0.29, 0.717) is 19.5 Å². The fraction of sp³-hybridized carbons (Fsp3) is 0.867. The van der Waals surface area contributed by atoms with Gasteiger partial charge in [0.2, 0.25) is 5.91 Å². The minimum Gasteiger partial charge on any atom is -0.396 e. The molecule has 0 aromatic rings. The summed E-state index contributed by atoms with van der Waals surface area (Å²) in [5.41, 5.74) is -0.414. The van der Waals surface area contributed by atoms with E-state index in [-0.39, 0.29) is 24.6 Å². The van der Waals surface area contributed by atoms with Gasteiger partial charge in [-0.05, 0) is 25.7 Å². The number of amides is 3. The molecule has 122 valence electrons. The molecule has 1 saturated heterocycles. The zero-order valence-corrected chi connectivity index (χ0v) is 13.4. The normalized spacial score (nSPS) is 19.2. The molecule has 0 unspecified atom stereocenters. The molecule has 6 heteroatoms. The summed E-state index contributed by atoms with van der Waals surface area (Å²) >= 11 is 0. The van der Waals surface area contributed by atoms with Crippen molar-refractivity contribution in [3.8, 4) is 0 Å². The third-order valence-electron chi connectivity index (χ3n) is 3.72. The predicted molar refractivity (Wildman–Crippen MR) is 81.9 cm³/mol. The van der Waals surface area contributed by atoms with Crippen LogP contribution in [0.2, 0.25) is 0 Å². The molecule has 1 aliphatic heterocycles. The molecule has 0 saturated carbocycles. The van der Waals surface area contributed by atoms with Crippen molar-refractivity contribution in [1.82, 2.24) is 15.5 Å². The number of hydrogen-bond donors (Lipinski definition) is 3. The first kappa shape index (κ1) is 17.8. The summed E-state index contributed by atoms with van der Waals surface area (Å²) in [5.74, 6) is -0.0205. The fourth-order valence-corrected chi connectivity index (χ4v) is 2.43. The highest BCUT2D eigenvalue weighted by Gasteiger charge is 2.26. The molecule has 0 spiro atoms. The van der Waals surface area contributed by atoms with Gasteiger partial charge in [-0.25, -0.2) is 4.79 Å². The van der Waals surface area contributed by atoms with Crippen LogP contribution in [-0.4, -0.2) is 54.2 Å². The smallest absolute Gasteiger partial charge is 0.317 e. The zero-order valence-electron chi connectivity index (χ0n) is 13.4. The van der Waals surface area contributed by atoms with Crippen LogP contribution in [0.3, 0.4) is 0 Å². The summed E-state index contributed by atoms with van der Waals surface area (Å²) in [5, 5.41) is 14.7. The van der Waals surface area contributed by atoms with E-state index in [1.165, 1.54) is 0 Å². The molecule has 21 heavy (non-hydrogen) atoms. The number of urea groups is 1. The van der Waals surface area contributed by atoms with Crippen LogP contribution in [0.25, 0.3) is 0 Å². The van der Waals surface area contributed by atoms with E-state index in [1.807, 2.05) is 25.7 Å². The van der Waals surface area contributed by atoms with E-state index in [9.17, 15) is 9.59 Å². The van der Waals surface area contributed by atoms with Crippen molar-refractivity contribution in [2.24, 2.45) is 5.41 Å². The van der Waals surface area contributed by atoms with Gasteiger partial charge in [0.05, 0.1) is 0 Å². The van der Waals surface area contributed by atoms with Gasteiger partial charge in [0, 0.05) is 37.7 Å². The summed E-state index contributed by atoms with van der Waals surface area (Å²) in [7, 11) is 0. The Morgan fingerprint density at radius 3 is 2.48 bits per heavy atom. The summed E-state index contributed by atoms with van der Waals surface area (Å²) in [6.07, 6.45) is 3.70. The highest BCUT2D eigenvalue weighted by molar-refractivity contribution is 5.81. The number of piperidine rings is 1. The second-order valence-corrected chi connectivity index (χ2v) is 6.59. The van der Waals surface area contributed by atoms with Gasteiger partial charge in [-0.1, -0.05) is 20.8 Å². The van der Waals surface area contributed by atoms with E-state index < -0.39 is 5.41 Å². The highest BCUT2D eigenvalue weighted by Crippen LogP contribution is 2.19. The van der Waals surface area contributed by atoms with E-state index in [4.69, 9.17) is 5.11 Å². The van der Waals surface area contributed by atoms with Gasteiger partial charge >= 0.3 is 6.03 Å². The van der Waals surface area contributed by atoms with Gasteiger partial charge < -0.3 is 20.6 Å². The Morgan fingerprint density at radius 1 is 1.19 bits per heavy atom. The minimum absolute atomic E-state index is 0.0205. The molecular weight excluding hydrogens is 270 g/mol. The van der Waals surface area contributed by atoms with Gasteiger partial charge in [-0.3, -0.25) is 4.79 Å². The Labute approximate surface area is 127 Å². The molecule has 1 fully saturated rings. The molecular formula is C15H29N3O3. The van der Waals surface area contributed by atoms with Crippen molar-refractivity contribution >= 4 is 11.9 Å². The van der Waals surface area contributed by atoms with Crippen molar-refractivity contribution in [3.63, 3.8) is 0 Å². The van der Waals surface area contributed by atoms with Gasteiger partial charge in [0.1, 0.15) is 0 Å². The topological polar surface area (TPSA) is 81.7 Å². The number of likely N-dealkylation sites (tertiary alicyclic amines) is 1. The maximum absolute atomic E-state index is 12.1. The summed E-state index contributed by atoms with van der Waals surface area (Å²) in [4.78, 5) is 25.6. The Balaban J connectivity index is 2.31. The lowest BCUT2D eigenvalue weighted by Crippen LogP contribution is -2.50. The maximum Gasteiger partial charge on any atom is 0.317 e. The number of hydrogen-bond acceptors (Lipinski definition) is 3. The number of nitrogens with one attached hydrogen (secondary N) is 2. The van der Waals surface area contributed by atoms with Crippen LogP contribution in [0, 0.1) is 5.41 Å². The Morgan fingerprint density at radius 2 is 1.86 bits per heavy atom. The van der Waals surface area contributed by atoms with Crippen LogP contribution in [0.1, 0.15) is 46.5 Å². The molecule has 0 bridgehead atoms. The first-order valence-corrected chi connectivity index (χ1v) is 7.80. The number of rotatable bonds is 5. The van der Waals surface area contributed by atoms with Crippen molar-refractivity contribution in [2.45, 2.75) is 52.5 Å². The summed E-state index contributed by atoms with van der Waals surface area (Å²) in [6, 6.07) is 0.0334. The lowest BCUT2D eigenvalue weighted by molar-refractivity contribution is -0.128.